The first kappa shape index (κ1) is 23.1. The molecule has 1 aliphatic rings. The molecule has 0 bridgehead atoms. The van der Waals surface area contributed by atoms with Crippen molar-refractivity contribution in [1.29, 1.82) is 0 Å². The Morgan fingerprint density at radius 2 is 1.84 bits per heavy atom. The van der Waals surface area contributed by atoms with Crippen LogP contribution in [0.1, 0.15) is 25.1 Å². The van der Waals surface area contributed by atoms with E-state index in [-0.39, 0.29) is 0 Å². The average Bonchev–Trinajstić information content (AvgIpc) is 3.39. The van der Waals surface area contributed by atoms with Crippen LogP contribution in [0.5, 0.6) is 0 Å². The van der Waals surface area contributed by atoms with Gasteiger partial charge in [0.1, 0.15) is 5.01 Å². The van der Waals surface area contributed by atoms with Crippen molar-refractivity contribution in [3.05, 3.63) is 40.9 Å². The number of ether oxygens (including phenoxy) is 1. The van der Waals surface area contributed by atoms with Gasteiger partial charge in [0.25, 0.3) is 0 Å². The van der Waals surface area contributed by atoms with Crippen LogP contribution in [0.2, 0.25) is 0 Å². The summed E-state index contributed by atoms with van der Waals surface area (Å²) in [4.78, 5) is 6.81. The molecule has 172 valence electrons. The molecule has 0 aliphatic carbocycles. The van der Waals surface area contributed by atoms with Gasteiger partial charge in [0.15, 0.2) is 5.16 Å². The Balaban J connectivity index is 1.46. The maximum Gasteiger partial charge on any atom is 0.416 e. The lowest BCUT2D eigenvalue weighted by Crippen LogP contribution is -2.38. The lowest BCUT2D eigenvalue weighted by Gasteiger charge is -2.28. The van der Waals surface area contributed by atoms with Crippen LogP contribution in [0.25, 0.3) is 10.6 Å². The van der Waals surface area contributed by atoms with Crippen molar-refractivity contribution in [2.45, 2.75) is 37.5 Å². The molecule has 0 atom stereocenters. The fourth-order valence-corrected chi connectivity index (χ4v) is 5.12. The third-order valence-electron chi connectivity index (χ3n) is 4.90. The molecule has 0 N–H and O–H groups in total. The third-order valence-corrected chi connectivity index (χ3v) is 6.84. The third kappa shape index (κ3) is 5.44. The molecule has 1 aromatic carbocycles. The second-order valence-corrected chi connectivity index (χ2v) is 9.69. The van der Waals surface area contributed by atoms with E-state index in [9.17, 15) is 13.2 Å². The normalized spacial score (nSPS) is 15.0. The van der Waals surface area contributed by atoms with Crippen LogP contribution in [0.4, 0.5) is 19.1 Å². The van der Waals surface area contributed by atoms with Crippen molar-refractivity contribution in [2.24, 2.45) is 5.92 Å². The Kier molecular flexibility index (Phi) is 7.06. The van der Waals surface area contributed by atoms with Gasteiger partial charge in [-0.2, -0.15) is 13.2 Å². The largest absolute Gasteiger partial charge is 0.416 e. The van der Waals surface area contributed by atoms with Crippen molar-refractivity contribution in [3.8, 4) is 10.6 Å². The second kappa shape index (κ2) is 9.80. The lowest BCUT2D eigenvalue weighted by atomic mass is 10.1. The second-order valence-electron chi connectivity index (χ2n) is 7.89. The van der Waals surface area contributed by atoms with Crippen molar-refractivity contribution >= 4 is 29.0 Å². The number of benzene rings is 1. The van der Waals surface area contributed by atoms with Gasteiger partial charge < -0.3 is 9.64 Å². The first-order valence-electron chi connectivity index (χ1n) is 10.3. The first-order valence-corrected chi connectivity index (χ1v) is 12.2. The summed E-state index contributed by atoms with van der Waals surface area (Å²) in [6, 6.07) is 5.11. The molecule has 4 rings (SSSR count). The number of thioether (sulfide) groups is 1. The predicted molar refractivity (Wildman–Crippen MR) is 120 cm³/mol. The summed E-state index contributed by atoms with van der Waals surface area (Å²) in [5, 5.41) is 12.3. The number of hydrogen-bond acceptors (Lipinski definition) is 7. The summed E-state index contributed by atoms with van der Waals surface area (Å²) in [5.74, 6) is 1.92. The molecule has 1 fully saturated rings. The van der Waals surface area contributed by atoms with Crippen molar-refractivity contribution < 1.29 is 17.9 Å². The highest BCUT2D eigenvalue weighted by Crippen LogP contribution is 2.33. The molecule has 0 spiro atoms. The Bertz CT molecular complexity index is 1030. The predicted octanol–water partition coefficient (Wildman–Crippen LogP) is 5.21. The highest BCUT2D eigenvalue weighted by atomic mass is 32.2. The molecule has 11 heteroatoms. The SMILES string of the molecule is CC(C)Cn1c(SCc2csc(-c3ccc(C(F)(F)F)cc3)n2)nnc1N1CCOCC1. The smallest absolute Gasteiger partial charge is 0.378 e. The quantitative estimate of drug-likeness (QED) is 0.430. The Labute approximate surface area is 192 Å². The molecule has 0 unspecified atom stereocenters. The van der Waals surface area contributed by atoms with Crippen LogP contribution >= 0.6 is 23.1 Å². The van der Waals surface area contributed by atoms with Gasteiger partial charge >= 0.3 is 6.18 Å². The Hall–Kier alpha value is -2.11. The summed E-state index contributed by atoms with van der Waals surface area (Å²) < 4.78 is 46.0. The molecule has 3 aromatic rings. The zero-order valence-electron chi connectivity index (χ0n) is 17.8. The molecule has 0 amide bonds. The molecule has 0 radical (unpaired) electrons. The number of hydrogen-bond donors (Lipinski definition) is 0. The van der Waals surface area contributed by atoms with Gasteiger partial charge in [-0.15, -0.1) is 21.5 Å². The maximum atomic E-state index is 12.8. The van der Waals surface area contributed by atoms with Crippen molar-refractivity contribution in [3.63, 3.8) is 0 Å². The molecule has 2 aromatic heterocycles. The standard InChI is InChI=1S/C21H24F3N5OS2/c1-14(2)11-29-19(28-7-9-30-10-8-28)26-27-20(29)32-13-17-12-31-18(25-17)15-3-5-16(6-4-15)21(22,23)24/h3-6,12,14H,7-11,13H2,1-2H3. The van der Waals surface area contributed by atoms with Crippen LogP contribution < -0.4 is 4.90 Å². The van der Waals surface area contributed by atoms with Crippen molar-refractivity contribution in [1.82, 2.24) is 19.7 Å². The number of morpholine rings is 1. The van der Waals surface area contributed by atoms with Crippen LogP contribution in [0.3, 0.4) is 0 Å². The number of rotatable bonds is 7. The van der Waals surface area contributed by atoms with Crippen LogP contribution in [-0.4, -0.2) is 46.1 Å². The number of nitrogens with zero attached hydrogens (tertiary/aromatic N) is 5. The topological polar surface area (TPSA) is 56.1 Å². The van der Waals surface area contributed by atoms with Gasteiger partial charge in [-0.1, -0.05) is 37.7 Å². The highest BCUT2D eigenvalue weighted by Gasteiger charge is 2.30. The maximum absolute atomic E-state index is 12.8. The van der Waals surface area contributed by atoms with Crippen molar-refractivity contribution in [2.75, 3.05) is 31.2 Å². The summed E-state index contributed by atoms with van der Waals surface area (Å²) in [7, 11) is 0. The molecule has 1 saturated heterocycles. The van der Waals surface area contributed by atoms with Gasteiger partial charge in [0.2, 0.25) is 5.95 Å². The summed E-state index contributed by atoms with van der Waals surface area (Å²) in [6.07, 6.45) is -4.34. The molecule has 3 heterocycles. The fourth-order valence-electron chi connectivity index (χ4n) is 3.36. The van der Waals surface area contributed by atoms with Gasteiger partial charge in [0.05, 0.1) is 24.5 Å². The van der Waals surface area contributed by atoms with E-state index in [0.29, 0.717) is 35.5 Å². The summed E-state index contributed by atoms with van der Waals surface area (Å²) in [5.41, 5.74) is 0.882. The van der Waals surface area contributed by atoms with Gasteiger partial charge in [-0.05, 0) is 18.1 Å². The van der Waals surface area contributed by atoms with E-state index >= 15 is 0 Å². The number of thiazole rings is 1. The summed E-state index contributed by atoms with van der Waals surface area (Å²) in [6.45, 7) is 8.09. The van der Waals surface area contributed by atoms with E-state index in [1.54, 1.807) is 11.8 Å². The minimum atomic E-state index is -4.34. The lowest BCUT2D eigenvalue weighted by molar-refractivity contribution is -0.137. The van der Waals surface area contributed by atoms with E-state index in [4.69, 9.17) is 4.74 Å². The highest BCUT2D eigenvalue weighted by molar-refractivity contribution is 7.98. The van der Waals surface area contributed by atoms with Crippen LogP contribution in [0.15, 0.2) is 34.8 Å². The number of anilines is 1. The summed E-state index contributed by atoms with van der Waals surface area (Å²) >= 11 is 2.99. The minimum absolute atomic E-state index is 0.440. The number of aromatic nitrogens is 4. The van der Waals surface area contributed by atoms with E-state index in [1.165, 1.54) is 23.5 Å². The molecular formula is C21H24F3N5OS2. The van der Waals surface area contributed by atoms with Gasteiger partial charge in [0, 0.05) is 36.3 Å². The minimum Gasteiger partial charge on any atom is -0.378 e. The number of alkyl halides is 3. The average molecular weight is 484 g/mol. The van der Waals surface area contributed by atoms with Crippen LogP contribution in [-0.2, 0) is 23.2 Å². The fraction of sp³-hybridized carbons (Fsp3) is 0.476. The zero-order chi connectivity index (χ0) is 22.7. The van der Waals surface area contributed by atoms with E-state index < -0.39 is 11.7 Å². The zero-order valence-corrected chi connectivity index (χ0v) is 19.4. The molecule has 6 nitrogen and oxygen atoms in total. The monoisotopic (exact) mass is 483 g/mol. The Morgan fingerprint density at radius 1 is 1.12 bits per heavy atom. The first-order chi connectivity index (χ1) is 15.3. The molecular weight excluding hydrogens is 459 g/mol. The van der Waals surface area contributed by atoms with Crippen LogP contribution in [0, 0.1) is 5.92 Å². The van der Waals surface area contributed by atoms with E-state index in [0.717, 1.165) is 48.6 Å². The Morgan fingerprint density at radius 3 is 2.50 bits per heavy atom. The van der Waals surface area contributed by atoms with Gasteiger partial charge in [-0.25, -0.2) is 4.98 Å². The number of halogens is 3. The molecule has 32 heavy (non-hydrogen) atoms. The van der Waals surface area contributed by atoms with E-state index in [1.807, 2.05) is 5.38 Å². The van der Waals surface area contributed by atoms with Gasteiger partial charge in [-0.3, -0.25) is 4.57 Å². The molecule has 1 aliphatic heterocycles. The molecule has 0 saturated carbocycles. The van der Waals surface area contributed by atoms with E-state index in [2.05, 4.69) is 38.5 Å².